The molecule has 0 aromatic rings. The second-order valence-electron chi connectivity index (χ2n) is 2.39. The van der Waals surface area contributed by atoms with Gasteiger partial charge in [0.15, 0.2) is 0 Å². The molecular formula is C7H15BrO. The van der Waals surface area contributed by atoms with Gasteiger partial charge in [0, 0.05) is 5.33 Å². The largest absolute Gasteiger partial charge is 0.393 e. The molecule has 0 bridgehead atoms. The second kappa shape index (κ2) is 6.56. The van der Waals surface area contributed by atoms with Gasteiger partial charge in [0.2, 0.25) is 0 Å². The van der Waals surface area contributed by atoms with Crippen LogP contribution in [0.4, 0.5) is 0 Å². The normalized spacial score (nSPS) is 13.7. The number of rotatable bonds is 5. The molecule has 0 aromatic carbocycles. The second-order valence-corrected chi connectivity index (χ2v) is 3.18. The number of aliphatic hydroxyl groups excluding tert-OH is 1. The van der Waals surface area contributed by atoms with E-state index in [0.29, 0.717) is 0 Å². The number of hydrogen-bond donors (Lipinski definition) is 1. The maximum atomic E-state index is 8.84. The highest BCUT2D eigenvalue weighted by atomic mass is 79.9. The molecule has 0 saturated heterocycles. The van der Waals surface area contributed by atoms with Gasteiger partial charge in [0.1, 0.15) is 0 Å². The van der Waals surface area contributed by atoms with Crippen molar-refractivity contribution in [1.82, 2.24) is 0 Å². The number of hydrogen-bond acceptors (Lipinski definition) is 1. The van der Waals surface area contributed by atoms with Crippen LogP contribution >= 0.6 is 15.9 Å². The van der Waals surface area contributed by atoms with Gasteiger partial charge in [-0.25, -0.2) is 0 Å². The van der Waals surface area contributed by atoms with Crippen molar-refractivity contribution in [2.75, 3.05) is 5.33 Å². The van der Waals surface area contributed by atoms with Gasteiger partial charge in [-0.3, -0.25) is 0 Å². The van der Waals surface area contributed by atoms with E-state index in [4.69, 9.17) is 5.11 Å². The Kier molecular flexibility index (Phi) is 6.88. The summed E-state index contributed by atoms with van der Waals surface area (Å²) in [5, 5.41) is 9.93. The van der Waals surface area contributed by atoms with Crippen LogP contribution in [0.1, 0.15) is 32.6 Å². The molecule has 0 aliphatic rings. The molecule has 0 amide bonds. The van der Waals surface area contributed by atoms with Crippen LogP contribution in [0.5, 0.6) is 0 Å². The van der Waals surface area contributed by atoms with Crippen LogP contribution in [0.3, 0.4) is 0 Å². The molecule has 0 heterocycles. The van der Waals surface area contributed by atoms with Crippen LogP contribution in [0.2, 0.25) is 0 Å². The van der Waals surface area contributed by atoms with Crippen LogP contribution in [-0.2, 0) is 0 Å². The van der Waals surface area contributed by atoms with E-state index >= 15 is 0 Å². The van der Waals surface area contributed by atoms with Crippen molar-refractivity contribution in [3.63, 3.8) is 0 Å². The van der Waals surface area contributed by atoms with Gasteiger partial charge in [-0.05, 0) is 19.8 Å². The predicted molar refractivity (Wildman–Crippen MR) is 43.9 cm³/mol. The SMILES string of the molecule is C[C@H](O)CCCCCBr. The van der Waals surface area contributed by atoms with Gasteiger partial charge in [-0.15, -0.1) is 0 Å². The Hall–Kier alpha value is 0.440. The lowest BCUT2D eigenvalue weighted by Gasteiger charge is -2.01. The van der Waals surface area contributed by atoms with Crippen LogP contribution in [0, 0.1) is 0 Å². The molecule has 0 spiro atoms. The number of alkyl halides is 1. The Balaban J connectivity index is 2.75. The Bertz CT molecular complexity index is 54.9. The van der Waals surface area contributed by atoms with Crippen molar-refractivity contribution < 1.29 is 5.11 Å². The van der Waals surface area contributed by atoms with E-state index < -0.39 is 0 Å². The van der Waals surface area contributed by atoms with Crippen molar-refractivity contribution in [1.29, 1.82) is 0 Å². The average molecular weight is 195 g/mol. The quantitative estimate of drug-likeness (QED) is 0.527. The van der Waals surface area contributed by atoms with Crippen molar-refractivity contribution in [2.24, 2.45) is 0 Å². The van der Waals surface area contributed by atoms with Crippen molar-refractivity contribution in [3.8, 4) is 0 Å². The zero-order valence-electron chi connectivity index (χ0n) is 5.94. The van der Waals surface area contributed by atoms with Crippen molar-refractivity contribution in [2.45, 2.75) is 38.7 Å². The van der Waals surface area contributed by atoms with Crippen LogP contribution in [-0.4, -0.2) is 16.5 Å². The van der Waals surface area contributed by atoms with Crippen LogP contribution < -0.4 is 0 Å². The van der Waals surface area contributed by atoms with Crippen molar-refractivity contribution in [3.05, 3.63) is 0 Å². The third-order valence-corrected chi connectivity index (χ3v) is 1.82. The molecular weight excluding hydrogens is 180 g/mol. The summed E-state index contributed by atoms with van der Waals surface area (Å²) in [6.45, 7) is 1.84. The van der Waals surface area contributed by atoms with E-state index in [-0.39, 0.29) is 6.10 Å². The van der Waals surface area contributed by atoms with Gasteiger partial charge < -0.3 is 5.11 Å². The first-order valence-corrected chi connectivity index (χ1v) is 4.63. The fourth-order valence-corrected chi connectivity index (χ4v) is 1.11. The molecule has 1 nitrogen and oxygen atoms in total. The van der Waals surface area contributed by atoms with Gasteiger partial charge in [0.25, 0.3) is 0 Å². The minimum atomic E-state index is -0.111. The number of halogens is 1. The molecule has 0 aromatic heterocycles. The van der Waals surface area contributed by atoms with E-state index in [1.807, 2.05) is 6.92 Å². The molecule has 0 radical (unpaired) electrons. The van der Waals surface area contributed by atoms with Crippen molar-refractivity contribution >= 4 is 15.9 Å². The fourth-order valence-electron chi connectivity index (χ4n) is 0.711. The highest BCUT2D eigenvalue weighted by Crippen LogP contribution is 2.03. The van der Waals surface area contributed by atoms with E-state index in [0.717, 1.165) is 18.2 Å². The summed E-state index contributed by atoms with van der Waals surface area (Å²) in [6, 6.07) is 0. The molecule has 0 fully saturated rings. The fraction of sp³-hybridized carbons (Fsp3) is 1.00. The van der Waals surface area contributed by atoms with E-state index in [2.05, 4.69) is 15.9 Å². The molecule has 0 saturated carbocycles. The first kappa shape index (κ1) is 9.44. The molecule has 0 aliphatic heterocycles. The Morgan fingerprint density at radius 1 is 1.33 bits per heavy atom. The minimum Gasteiger partial charge on any atom is -0.393 e. The molecule has 0 aliphatic carbocycles. The van der Waals surface area contributed by atoms with E-state index in [1.165, 1.54) is 12.8 Å². The van der Waals surface area contributed by atoms with Crippen LogP contribution in [0.25, 0.3) is 0 Å². The Morgan fingerprint density at radius 2 is 2.00 bits per heavy atom. The Morgan fingerprint density at radius 3 is 2.44 bits per heavy atom. The zero-order chi connectivity index (χ0) is 7.11. The summed E-state index contributed by atoms with van der Waals surface area (Å²) < 4.78 is 0. The summed E-state index contributed by atoms with van der Waals surface area (Å²) >= 11 is 3.35. The summed E-state index contributed by atoms with van der Waals surface area (Å²) in [5.74, 6) is 0. The van der Waals surface area contributed by atoms with E-state index in [1.54, 1.807) is 0 Å². The lowest BCUT2D eigenvalue weighted by molar-refractivity contribution is 0.180. The summed E-state index contributed by atoms with van der Waals surface area (Å²) in [7, 11) is 0. The summed E-state index contributed by atoms with van der Waals surface area (Å²) in [4.78, 5) is 0. The molecule has 1 atom stereocenters. The third-order valence-electron chi connectivity index (χ3n) is 1.26. The highest BCUT2D eigenvalue weighted by molar-refractivity contribution is 9.09. The van der Waals surface area contributed by atoms with Gasteiger partial charge in [-0.2, -0.15) is 0 Å². The highest BCUT2D eigenvalue weighted by Gasteiger charge is 1.93. The molecule has 1 N–H and O–H groups in total. The Labute approximate surface area is 65.6 Å². The first-order chi connectivity index (χ1) is 4.27. The maximum Gasteiger partial charge on any atom is 0.0512 e. The predicted octanol–water partition coefficient (Wildman–Crippen LogP) is 2.32. The number of unbranched alkanes of at least 4 members (excludes halogenated alkanes) is 2. The van der Waals surface area contributed by atoms with Crippen LogP contribution in [0.15, 0.2) is 0 Å². The zero-order valence-corrected chi connectivity index (χ0v) is 7.52. The van der Waals surface area contributed by atoms with Gasteiger partial charge >= 0.3 is 0 Å². The average Bonchev–Trinajstić information content (AvgIpc) is 1.80. The lowest BCUT2D eigenvalue weighted by atomic mass is 10.1. The molecule has 0 unspecified atom stereocenters. The molecule has 9 heavy (non-hydrogen) atoms. The lowest BCUT2D eigenvalue weighted by Crippen LogP contribution is -1.98. The molecule has 2 heteroatoms. The topological polar surface area (TPSA) is 20.2 Å². The smallest absolute Gasteiger partial charge is 0.0512 e. The van der Waals surface area contributed by atoms with Gasteiger partial charge in [-0.1, -0.05) is 28.8 Å². The monoisotopic (exact) mass is 194 g/mol. The standard InChI is InChI=1S/C7H15BrO/c1-7(9)5-3-2-4-6-8/h7,9H,2-6H2,1H3/t7-/m0/s1. The maximum absolute atomic E-state index is 8.84. The first-order valence-electron chi connectivity index (χ1n) is 3.51. The van der Waals surface area contributed by atoms with Gasteiger partial charge in [0.05, 0.1) is 6.10 Å². The third kappa shape index (κ3) is 8.44. The molecule has 0 rings (SSSR count). The minimum absolute atomic E-state index is 0.111. The molecule has 56 valence electrons. The number of aliphatic hydroxyl groups is 1. The summed E-state index contributed by atoms with van der Waals surface area (Å²) in [6.07, 6.45) is 4.46. The summed E-state index contributed by atoms with van der Waals surface area (Å²) in [5.41, 5.74) is 0. The van der Waals surface area contributed by atoms with E-state index in [9.17, 15) is 0 Å².